The Morgan fingerprint density at radius 1 is 1.33 bits per heavy atom. The summed E-state index contributed by atoms with van der Waals surface area (Å²) in [4.78, 5) is 26.3. The summed E-state index contributed by atoms with van der Waals surface area (Å²) in [5, 5.41) is 16.2. The van der Waals surface area contributed by atoms with E-state index in [4.69, 9.17) is 0 Å². The zero-order chi connectivity index (χ0) is 15.4. The van der Waals surface area contributed by atoms with Gasteiger partial charge in [-0.25, -0.2) is 0 Å². The highest BCUT2D eigenvalue weighted by Crippen LogP contribution is 2.28. The molecule has 2 rings (SSSR count). The Balaban J connectivity index is 2.26. The van der Waals surface area contributed by atoms with E-state index in [-0.39, 0.29) is 11.6 Å². The van der Waals surface area contributed by atoms with Crippen LogP contribution in [0, 0.1) is 10.1 Å². The molecule has 1 heterocycles. The number of nitro groups is 1. The number of halogens is 1. The van der Waals surface area contributed by atoms with Crippen molar-refractivity contribution in [2.45, 2.75) is 0 Å². The number of amides is 1. The number of anilines is 2. The molecular formula is C13H11BrN4O3. The van der Waals surface area contributed by atoms with Gasteiger partial charge in [0, 0.05) is 29.8 Å². The second-order valence-corrected chi connectivity index (χ2v) is 4.90. The molecule has 108 valence electrons. The number of aromatic nitrogens is 1. The molecule has 0 bridgehead atoms. The average Bonchev–Trinajstić information content (AvgIpc) is 2.48. The van der Waals surface area contributed by atoms with E-state index in [2.05, 4.69) is 31.5 Å². The quantitative estimate of drug-likeness (QED) is 0.652. The topological polar surface area (TPSA) is 97.2 Å². The third-order valence-corrected chi connectivity index (χ3v) is 3.40. The van der Waals surface area contributed by atoms with Gasteiger partial charge in [-0.3, -0.25) is 19.9 Å². The van der Waals surface area contributed by atoms with E-state index in [0.717, 1.165) is 0 Å². The highest BCUT2D eigenvalue weighted by atomic mass is 79.9. The van der Waals surface area contributed by atoms with Gasteiger partial charge in [0.2, 0.25) is 0 Å². The molecular weight excluding hydrogens is 340 g/mol. The van der Waals surface area contributed by atoms with Crippen LogP contribution >= 0.6 is 15.9 Å². The van der Waals surface area contributed by atoms with Crippen LogP contribution in [0.2, 0.25) is 0 Å². The Morgan fingerprint density at radius 2 is 2.10 bits per heavy atom. The molecule has 0 aliphatic rings. The first-order chi connectivity index (χ1) is 10.0. The summed E-state index contributed by atoms with van der Waals surface area (Å²) in [7, 11) is 1.69. The van der Waals surface area contributed by atoms with Crippen molar-refractivity contribution in [1.29, 1.82) is 0 Å². The molecule has 0 aliphatic carbocycles. The van der Waals surface area contributed by atoms with Crippen molar-refractivity contribution >= 4 is 38.9 Å². The lowest BCUT2D eigenvalue weighted by atomic mass is 10.2. The molecule has 1 amide bonds. The highest BCUT2D eigenvalue weighted by molar-refractivity contribution is 9.10. The number of pyridine rings is 1. The number of carbonyl (C=O) groups is 1. The lowest BCUT2D eigenvalue weighted by molar-refractivity contribution is -0.384. The van der Waals surface area contributed by atoms with Gasteiger partial charge in [-0.05, 0) is 28.1 Å². The summed E-state index contributed by atoms with van der Waals surface area (Å²) >= 11 is 3.20. The number of hydrogen-bond acceptors (Lipinski definition) is 5. The molecule has 0 unspecified atom stereocenters. The van der Waals surface area contributed by atoms with Crippen LogP contribution in [0.25, 0.3) is 0 Å². The molecule has 0 saturated carbocycles. The third-order valence-electron chi connectivity index (χ3n) is 2.75. The molecule has 0 spiro atoms. The molecule has 2 aromatic rings. The normalized spacial score (nSPS) is 10.0. The Morgan fingerprint density at radius 3 is 2.71 bits per heavy atom. The molecule has 7 nitrogen and oxygen atoms in total. The van der Waals surface area contributed by atoms with Gasteiger partial charge in [0.1, 0.15) is 0 Å². The molecule has 0 atom stereocenters. The van der Waals surface area contributed by atoms with E-state index in [9.17, 15) is 14.9 Å². The van der Waals surface area contributed by atoms with Crippen LogP contribution in [-0.2, 0) is 0 Å². The van der Waals surface area contributed by atoms with Crippen molar-refractivity contribution in [3.8, 4) is 0 Å². The fourth-order valence-electron chi connectivity index (χ4n) is 1.70. The Bertz CT molecular complexity index is 706. The summed E-state index contributed by atoms with van der Waals surface area (Å²) in [6.45, 7) is 0. The third kappa shape index (κ3) is 3.34. The van der Waals surface area contributed by atoms with Crippen molar-refractivity contribution in [3.05, 3.63) is 56.8 Å². The second-order valence-electron chi connectivity index (χ2n) is 4.05. The van der Waals surface area contributed by atoms with Crippen molar-refractivity contribution in [1.82, 2.24) is 4.98 Å². The van der Waals surface area contributed by atoms with Crippen molar-refractivity contribution in [3.63, 3.8) is 0 Å². The minimum Gasteiger partial charge on any atom is -0.386 e. The van der Waals surface area contributed by atoms with Gasteiger partial charge in [-0.15, -0.1) is 0 Å². The van der Waals surface area contributed by atoms with Crippen LogP contribution in [0.15, 0.2) is 41.1 Å². The summed E-state index contributed by atoms with van der Waals surface area (Å²) in [6.07, 6.45) is 3.06. The predicted octanol–water partition coefficient (Wildman–Crippen LogP) is 3.05. The smallest absolute Gasteiger partial charge is 0.270 e. The van der Waals surface area contributed by atoms with Crippen LogP contribution in [0.3, 0.4) is 0 Å². The van der Waals surface area contributed by atoms with Crippen molar-refractivity contribution in [2.75, 3.05) is 17.7 Å². The number of nitrogens with one attached hydrogen (secondary N) is 2. The zero-order valence-corrected chi connectivity index (χ0v) is 12.5. The first-order valence-corrected chi connectivity index (χ1v) is 6.69. The average molecular weight is 351 g/mol. The largest absolute Gasteiger partial charge is 0.386 e. The monoisotopic (exact) mass is 350 g/mol. The number of carbonyl (C=O) groups excluding carboxylic acids is 1. The van der Waals surface area contributed by atoms with E-state index in [0.29, 0.717) is 21.4 Å². The Labute approximate surface area is 128 Å². The van der Waals surface area contributed by atoms with E-state index < -0.39 is 4.92 Å². The van der Waals surface area contributed by atoms with Gasteiger partial charge in [0.05, 0.1) is 28.1 Å². The first kappa shape index (κ1) is 14.9. The zero-order valence-electron chi connectivity index (χ0n) is 11.0. The van der Waals surface area contributed by atoms with Crippen LogP contribution in [-0.4, -0.2) is 22.9 Å². The molecule has 0 aliphatic heterocycles. The van der Waals surface area contributed by atoms with Gasteiger partial charge in [-0.1, -0.05) is 0 Å². The highest BCUT2D eigenvalue weighted by Gasteiger charge is 2.14. The van der Waals surface area contributed by atoms with Gasteiger partial charge in [0.15, 0.2) is 0 Å². The second kappa shape index (κ2) is 6.31. The predicted molar refractivity (Wildman–Crippen MR) is 82.5 cm³/mol. The molecule has 0 fully saturated rings. The van der Waals surface area contributed by atoms with Crippen molar-refractivity contribution in [2.24, 2.45) is 0 Å². The van der Waals surface area contributed by atoms with Gasteiger partial charge in [0.25, 0.3) is 11.6 Å². The Kier molecular flexibility index (Phi) is 4.49. The van der Waals surface area contributed by atoms with Crippen LogP contribution in [0.4, 0.5) is 17.1 Å². The maximum absolute atomic E-state index is 12.2. The van der Waals surface area contributed by atoms with E-state index in [1.807, 2.05) is 0 Å². The fraction of sp³-hybridized carbons (Fsp3) is 0.0769. The molecule has 8 heteroatoms. The Hall–Kier alpha value is -2.48. The number of hydrogen-bond donors (Lipinski definition) is 2. The van der Waals surface area contributed by atoms with Gasteiger partial charge >= 0.3 is 0 Å². The van der Waals surface area contributed by atoms with E-state index >= 15 is 0 Å². The summed E-state index contributed by atoms with van der Waals surface area (Å²) in [5.41, 5.74) is 1.41. The maximum atomic E-state index is 12.2. The molecule has 0 saturated heterocycles. The minimum atomic E-state index is -0.502. The number of rotatable bonds is 4. The van der Waals surface area contributed by atoms with Gasteiger partial charge in [-0.2, -0.15) is 0 Å². The van der Waals surface area contributed by atoms with Crippen LogP contribution < -0.4 is 10.6 Å². The summed E-state index contributed by atoms with van der Waals surface area (Å²) in [6, 6.07) is 5.72. The van der Waals surface area contributed by atoms with Crippen LogP contribution in [0.5, 0.6) is 0 Å². The number of nitrogens with zero attached hydrogens (tertiary/aromatic N) is 2. The molecule has 1 aromatic carbocycles. The SMILES string of the molecule is CNc1cnccc1C(=O)Nc1ccc([N+](=O)[O-])cc1Br. The van der Waals surface area contributed by atoms with Gasteiger partial charge < -0.3 is 10.6 Å². The fourth-order valence-corrected chi connectivity index (χ4v) is 2.17. The van der Waals surface area contributed by atoms with Crippen LogP contribution in [0.1, 0.15) is 10.4 Å². The first-order valence-electron chi connectivity index (χ1n) is 5.90. The number of benzene rings is 1. The number of non-ortho nitro benzene ring substituents is 1. The number of nitro benzene ring substituents is 1. The minimum absolute atomic E-state index is 0.0558. The summed E-state index contributed by atoms with van der Waals surface area (Å²) < 4.78 is 0.435. The summed E-state index contributed by atoms with van der Waals surface area (Å²) in [5.74, 6) is -0.337. The lowest BCUT2D eigenvalue weighted by Gasteiger charge is -2.10. The molecule has 0 radical (unpaired) electrons. The van der Waals surface area contributed by atoms with Crippen molar-refractivity contribution < 1.29 is 9.72 Å². The van der Waals surface area contributed by atoms with E-state index in [1.165, 1.54) is 24.4 Å². The molecule has 1 aromatic heterocycles. The molecule has 2 N–H and O–H groups in total. The molecule has 21 heavy (non-hydrogen) atoms. The lowest BCUT2D eigenvalue weighted by Crippen LogP contribution is -2.14. The standard InChI is InChI=1S/C13H11BrN4O3/c1-15-12-7-16-5-4-9(12)13(19)17-11-3-2-8(18(20)21)6-10(11)14/h2-7,15H,1H3,(H,17,19). The van der Waals surface area contributed by atoms with E-state index in [1.54, 1.807) is 19.3 Å². The maximum Gasteiger partial charge on any atom is 0.270 e.